The zero-order chi connectivity index (χ0) is 30.8. The van der Waals surface area contributed by atoms with Gasteiger partial charge in [0.2, 0.25) is 0 Å². The normalized spacial score (nSPS) is 13.2. The van der Waals surface area contributed by atoms with Crippen LogP contribution in [0.2, 0.25) is 0 Å². The van der Waals surface area contributed by atoms with Crippen molar-refractivity contribution in [3.63, 3.8) is 0 Å². The molecule has 0 saturated carbocycles. The number of benzene rings is 6. The van der Waals surface area contributed by atoms with E-state index in [1.807, 2.05) is 42.5 Å². The summed E-state index contributed by atoms with van der Waals surface area (Å²) in [5.74, 6) is 1.90. The van der Waals surface area contributed by atoms with E-state index >= 15 is 0 Å². The highest BCUT2D eigenvalue weighted by Gasteiger charge is 2.38. The van der Waals surface area contributed by atoms with Gasteiger partial charge in [-0.15, -0.1) is 0 Å². The maximum atomic E-state index is 6.64. The fourth-order valence-electron chi connectivity index (χ4n) is 7.04. The third kappa shape index (κ3) is 4.11. The van der Waals surface area contributed by atoms with E-state index in [4.69, 9.17) is 19.4 Å². The molecular weight excluding hydrogens is 562 g/mol. The standard InChI is InChI=1S/C42H29N3O/c1-42(2)35-19-10-9-18-31(35)32-21-22-33-34-25-30(20-23-36(34)46-38(33)37(32)42)41-44-39(27-14-7-4-8-15-27)43-40(45-41)29-17-11-16-28(24-29)26-12-5-3-6-13-26/h3-25H,1-2H3. The van der Waals surface area contributed by atoms with Crippen LogP contribution in [0.1, 0.15) is 25.0 Å². The Labute approximate surface area is 267 Å². The molecule has 0 N–H and O–H groups in total. The molecule has 0 amide bonds. The second kappa shape index (κ2) is 10.1. The molecule has 4 nitrogen and oxygen atoms in total. The maximum absolute atomic E-state index is 6.64. The second-order valence-corrected chi connectivity index (χ2v) is 12.5. The zero-order valence-electron chi connectivity index (χ0n) is 25.5. The summed E-state index contributed by atoms with van der Waals surface area (Å²) in [5.41, 5.74) is 11.8. The molecule has 0 aliphatic heterocycles. The molecule has 8 aromatic rings. The highest BCUT2D eigenvalue weighted by molar-refractivity contribution is 6.10. The highest BCUT2D eigenvalue weighted by atomic mass is 16.3. The Hall–Kier alpha value is -5.87. The molecule has 6 aromatic carbocycles. The van der Waals surface area contributed by atoms with Gasteiger partial charge >= 0.3 is 0 Å². The Morgan fingerprint density at radius 3 is 1.83 bits per heavy atom. The first-order chi connectivity index (χ1) is 22.5. The van der Waals surface area contributed by atoms with Gasteiger partial charge in [0.15, 0.2) is 17.5 Å². The van der Waals surface area contributed by atoms with E-state index in [1.54, 1.807) is 0 Å². The lowest BCUT2D eigenvalue weighted by Gasteiger charge is -2.21. The van der Waals surface area contributed by atoms with Gasteiger partial charge in [-0.25, -0.2) is 15.0 Å². The van der Waals surface area contributed by atoms with Gasteiger partial charge in [0.05, 0.1) is 0 Å². The monoisotopic (exact) mass is 591 g/mol. The molecule has 0 saturated heterocycles. The van der Waals surface area contributed by atoms with Crippen LogP contribution >= 0.6 is 0 Å². The number of furan rings is 1. The average Bonchev–Trinajstić information content (AvgIpc) is 3.60. The average molecular weight is 592 g/mol. The highest BCUT2D eigenvalue weighted by Crippen LogP contribution is 2.52. The van der Waals surface area contributed by atoms with Gasteiger partial charge in [-0.3, -0.25) is 0 Å². The molecule has 1 aliphatic carbocycles. The van der Waals surface area contributed by atoms with Gasteiger partial charge in [0.25, 0.3) is 0 Å². The van der Waals surface area contributed by atoms with Crippen LogP contribution in [0, 0.1) is 0 Å². The van der Waals surface area contributed by atoms with Crippen LogP contribution < -0.4 is 0 Å². The number of nitrogens with zero attached hydrogens (tertiary/aromatic N) is 3. The fourth-order valence-corrected chi connectivity index (χ4v) is 7.04. The molecule has 0 bridgehead atoms. The van der Waals surface area contributed by atoms with Gasteiger partial charge in [-0.1, -0.05) is 123 Å². The minimum Gasteiger partial charge on any atom is -0.456 e. The van der Waals surface area contributed by atoms with Crippen molar-refractivity contribution in [1.29, 1.82) is 0 Å². The Balaban J connectivity index is 1.22. The maximum Gasteiger partial charge on any atom is 0.164 e. The number of fused-ring (bicyclic) bond motifs is 7. The van der Waals surface area contributed by atoms with Gasteiger partial charge in [0, 0.05) is 38.4 Å². The van der Waals surface area contributed by atoms with Crippen molar-refractivity contribution in [3.05, 3.63) is 151 Å². The zero-order valence-corrected chi connectivity index (χ0v) is 25.5. The van der Waals surface area contributed by atoms with E-state index < -0.39 is 0 Å². The van der Waals surface area contributed by atoms with Crippen LogP contribution in [-0.2, 0) is 5.41 Å². The minimum absolute atomic E-state index is 0.163. The summed E-state index contributed by atoms with van der Waals surface area (Å²) in [4.78, 5) is 15.0. The molecule has 9 rings (SSSR count). The predicted molar refractivity (Wildman–Crippen MR) is 186 cm³/mol. The summed E-state index contributed by atoms with van der Waals surface area (Å²) in [6, 6.07) is 48.3. The largest absolute Gasteiger partial charge is 0.456 e. The molecule has 0 radical (unpaired) electrons. The Bertz CT molecular complexity index is 2440. The van der Waals surface area contributed by atoms with Crippen LogP contribution in [0.25, 0.3) is 78.4 Å². The van der Waals surface area contributed by atoms with E-state index in [-0.39, 0.29) is 5.41 Å². The summed E-state index contributed by atoms with van der Waals surface area (Å²) in [5, 5.41) is 2.15. The van der Waals surface area contributed by atoms with E-state index in [0.29, 0.717) is 17.5 Å². The minimum atomic E-state index is -0.163. The van der Waals surface area contributed by atoms with Crippen LogP contribution in [0.3, 0.4) is 0 Å². The van der Waals surface area contributed by atoms with Gasteiger partial charge in [-0.05, 0) is 58.1 Å². The quantitative estimate of drug-likeness (QED) is 0.204. The SMILES string of the molecule is CC1(C)c2ccccc2-c2ccc3c(oc4ccc(-c5nc(-c6ccccc6)nc(-c6cccc(-c7ccccc7)c6)n5)cc43)c21. The summed E-state index contributed by atoms with van der Waals surface area (Å²) in [7, 11) is 0. The smallest absolute Gasteiger partial charge is 0.164 e. The lowest BCUT2D eigenvalue weighted by Crippen LogP contribution is -2.15. The summed E-state index contributed by atoms with van der Waals surface area (Å²) >= 11 is 0. The number of aromatic nitrogens is 3. The van der Waals surface area contributed by atoms with E-state index in [1.165, 1.54) is 22.3 Å². The van der Waals surface area contributed by atoms with E-state index in [0.717, 1.165) is 49.8 Å². The van der Waals surface area contributed by atoms with Crippen molar-refractivity contribution in [2.45, 2.75) is 19.3 Å². The Morgan fingerprint density at radius 1 is 0.457 bits per heavy atom. The van der Waals surface area contributed by atoms with Crippen LogP contribution in [0.5, 0.6) is 0 Å². The summed E-state index contributed by atoms with van der Waals surface area (Å²) < 4.78 is 6.64. The van der Waals surface area contributed by atoms with Gasteiger partial charge in [0.1, 0.15) is 11.2 Å². The fraction of sp³-hybridized carbons (Fsp3) is 0.0714. The van der Waals surface area contributed by atoms with Gasteiger partial charge in [-0.2, -0.15) is 0 Å². The first-order valence-electron chi connectivity index (χ1n) is 15.6. The molecule has 218 valence electrons. The van der Waals surface area contributed by atoms with E-state index in [9.17, 15) is 0 Å². The third-order valence-electron chi connectivity index (χ3n) is 9.31. The predicted octanol–water partition coefficient (Wildman–Crippen LogP) is 10.7. The topological polar surface area (TPSA) is 51.8 Å². The van der Waals surface area contributed by atoms with Crippen molar-refractivity contribution >= 4 is 21.9 Å². The molecule has 2 aromatic heterocycles. The Kier molecular flexibility index (Phi) is 5.81. The molecule has 4 heteroatoms. The van der Waals surface area contributed by atoms with Crippen molar-refractivity contribution in [3.8, 4) is 56.4 Å². The van der Waals surface area contributed by atoms with Crippen LogP contribution in [0.4, 0.5) is 0 Å². The van der Waals surface area contributed by atoms with Crippen molar-refractivity contribution < 1.29 is 4.42 Å². The first kappa shape index (κ1) is 26.5. The lowest BCUT2D eigenvalue weighted by atomic mass is 9.82. The van der Waals surface area contributed by atoms with E-state index in [2.05, 4.69) is 111 Å². The molecule has 0 spiro atoms. The van der Waals surface area contributed by atoms with Crippen molar-refractivity contribution in [2.24, 2.45) is 0 Å². The number of hydrogen-bond donors (Lipinski definition) is 0. The van der Waals surface area contributed by atoms with Crippen molar-refractivity contribution in [2.75, 3.05) is 0 Å². The second-order valence-electron chi connectivity index (χ2n) is 12.5. The Morgan fingerprint density at radius 2 is 1.07 bits per heavy atom. The molecule has 0 unspecified atom stereocenters. The summed E-state index contributed by atoms with van der Waals surface area (Å²) in [6.45, 7) is 4.58. The first-order valence-corrected chi connectivity index (χ1v) is 15.6. The molecule has 2 heterocycles. The van der Waals surface area contributed by atoms with Crippen molar-refractivity contribution in [1.82, 2.24) is 15.0 Å². The molecule has 1 aliphatic rings. The summed E-state index contributed by atoms with van der Waals surface area (Å²) in [6.07, 6.45) is 0. The molecule has 46 heavy (non-hydrogen) atoms. The van der Waals surface area contributed by atoms with Crippen LogP contribution in [0.15, 0.2) is 144 Å². The number of rotatable bonds is 4. The molecule has 0 atom stereocenters. The third-order valence-corrected chi connectivity index (χ3v) is 9.31. The number of hydrogen-bond acceptors (Lipinski definition) is 4. The molecule has 0 fully saturated rings. The van der Waals surface area contributed by atoms with Gasteiger partial charge < -0.3 is 4.42 Å². The molecular formula is C42H29N3O. The van der Waals surface area contributed by atoms with Crippen LogP contribution in [-0.4, -0.2) is 15.0 Å². The lowest BCUT2D eigenvalue weighted by molar-refractivity contribution is 0.620.